The number of amides is 1. The SMILES string of the molecule is CCn1nccc1C(=O)N(CCCN(C)C)c1nc2c(OC)ccc(C)c2s1. The van der Waals surface area contributed by atoms with Gasteiger partial charge in [-0.05, 0) is 58.6 Å². The van der Waals surface area contributed by atoms with Crippen LogP contribution in [0.4, 0.5) is 5.13 Å². The Morgan fingerprint density at radius 1 is 1.25 bits per heavy atom. The van der Waals surface area contributed by atoms with Crippen LogP contribution in [0.2, 0.25) is 0 Å². The van der Waals surface area contributed by atoms with Crippen molar-refractivity contribution in [2.24, 2.45) is 0 Å². The molecule has 0 bridgehead atoms. The highest BCUT2D eigenvalue weighted by molar-refractivity contribution is 7.22. The molecule has 0 radical (unpaired) electrons. The molecule has 0 saturated heterocycles. The quantitative estimate of drug-likeness (QED) is 0.579. The Bertz CT molecular complexity index is 963. The first-order chi connectivity index (χ1) is 13.5. The van der Waals surface area contributed by atoms with E-state index >= 15 is 0 Å². The monoisotopic (exact) mass is 401 g/mol. The highest BCUT2D eigenvalue weighted by Crippen LogP contribution is 2.36. The van der Waals surface area contributed by atoms with E-state index < -0.39 is 0 Å². The normalized spacial score (nSPS) is 11.4. The van der Waals surface area contributed by atoms with Crippen molar-refractivity contribution in [3.05, 3.63) is 35.7 Å². The summed E-state index contributed by atoms with van der Waals surface area (Å²) < 4.78 is 8.25. The fourth-order valence-electron chi connectivity index (χ4n) is 3.11. The van der Waals surface area contributed by atoms with Crippen molar-refractivity contribution in [3.8, 4) is 5.75 Å². The number of methoxy groups -OCH3 is 1. The number of rotatable bonds is 8. The van der Waals surface area contributed by atoms with Gasteiger partial charge in [0, 0.05) is 19.3 Å². The number of aromatic nitrogens is 3. The highest BCUT2D eigenvalue weighted by atomic mass is 32.1. The molecular weight excluding hydrogens is 374 g/mol. The molecule has 0 atom stereocenters. The molecule has 0 fully saturated rings. The number of carbonyl (C=O) groups is 1. The van der Waals surface area contributed by atoms with Crippen molar-refractivity contribution in [1.82, 2.24) is 19.7 Å². The summed E-state index contributed by atoms with van der Waals surface area (Å²) >= 11 is 1.53. The number of thiazole rings is 1. The van der Waals surface area contributed by atoms with Crippen LogP contribution in [0.3, 0.4) is 0 Å². The summed E-state index contributed by atoms with van der Waals surface area (Å²) in [6.45, 7) is 6.16. The summed E-state index contributed by atoms with van der Waals surface area (Å²) in [6.07, 6.45) is 2.52. The van der Waals surface area contributed by atoms with Gasteiger partial charge >= 0.3 is 0 Å². The van der Waals surface area contributed by atoms with Gasteiger partial charge in [-0.15, -0.1) is 0 Å². The molecule has 1 amide bonds. The van der Waals surface area contributed by atoms with Gasteiger partial charge in [0.05, 0.1) is 11.8 Å². The third kappa shape index (κ3) is 4.02. The lowest BCUT2D eigenvalue weighted by molar-refractivity contribution is 0.0975. The fourth-order valence-corrected chi connectivity index (χ4v) is 4.19. The van der Waals surface area contributed by atoms with Crippen LogP contribution >= 0.6 is 11.3 Å². The molecule has 0 N–H and O–H groups in total. The molecule has 0 saturated carbocycles. The van der Waals surface area contributed by atoms with Crippen LogP contribution < -0.4 is 9.64 Å². The zero-order valence-electron chi connectivity index (χ0n) is 17.1. The first-order valence-electron chi connectivity index (χ1n) is 9.38. The average molecular weight is 402 g/mol. The maximum absolute atomic E-state index is 13.4. The summed E-state index contributed by atoms with van der Waals surface area (Å²) in [7, 11) is 5.71. The molecule has 0 aliphatic rings. The molecule has 0 aliphatic carbocycles. The van der Waals surface area contributed by atoms with Crippen molar-refractivity contribution >= 4 is 32.6 Å². The van der Waals surface area contributed by atoms with Gasteiger partial charge in [0.25, 0.3) is 5.91 Å². The summed E-state index contributed by atoms with van der Waals surface area (Å²) in [4.78, 5) is 22.0. The Hall–Kier alpha value is -2.45. The van der Waals surface area contributed by atoms with E-state index in [1.807, 2.05) is 40.1 Å². The van der Waals surface area contributed by atoms with Gasteiger partial charge in [-0.3, -0.25) is 14.4 Å². The van der Waals surface area contributed by atoms with E-state index in [1.165, 1.54) is 11.3 Å². The van der Waals surface area contributed by atoms with Gasteiger partial charge in [0.1, 0.15) is 17.0 Å². The first kappa shape index (κ1) is 20.3. The average Bonchev–Trinajstić information content (AvgIpc) is 3.32. The zero-order valence-corrected chi connectivity index (χ0v) is 17.9. The summed E-state index contributed by atoms with van der Waals surface area (Å²) in [6, 6.07) is 5.71. The van der Waals surface area contributed by atoms with E-state index in [4.69, 9.17) is 9.72 Å². The number of fused-ring (bicyclic) bond motifs is 1. The molecule has 8 heteroatoms. The lowest BCUT2D eigenvalue weighted by Gasteiger charge is -2.21. The number of hydrogen-bond acceptors (Lipinski definition) is 6. The molecule has 28 heavy (non-hydrogen) atoms. The van der Waals surface area contributed by atoms with Gasteiger partial charge < -0.3 is 9.64 Å². The third-order valence-corrected chi connectivity index (χ3v) is 5.82. The molecule has 3 rings (SSSR count). The molecule has 0 unspecified atom stereocenters. The lowest BCUT2D eigenvalue weighted by atomic mass is 10.2. The number of ether oxygens (including phenoxy) is 1. The maximum atomic E-state index is 13.4. The summed E-state index contributed by atoms with van der Waals surface area (Å²) in [5, 5.41) is 4.94. The molecule has 2 heterocycles. The van der Waals surface area contributed by atoms with E-state index in [9.17, 15) is 4.79 Å². The largest absolute Gasteiger partial charge is 0.494 e. The lowest BCUT2D eigenvalue weighted by Crippen LogP contribution is -2.34. The van der Waals surface area contributed by atoms with Gasteiger partial charge in [-0.25, -0.2) is 4.98 Å². The molecule has 0 aliphatic heterocycles. The van der Waals surface area contributed by atoms with Gasteiger partial charge in [0.2, 0.25) is 0 Å². The number of carbonyl (C=O) groups excluding carboxylic acids is 1. The van der Waals surface area contributed by atoms with Crippen LogP contribution in [0.15, 0.2) is 24.4 Å². The molecule has 0 spiro atoms. The van der Waals surface area contributed by atoms with Gasteiger partial charge in [-0.2, -0.15) is 5.10 Å². The second-order valence-electron chi connectivity index (χ2n) is 6.90. The van der Waals surface area contributed by atoms with E-state index in [2.05, 4.69) is 10.00 Å². The molecule has 2 aromatic heterocycles. The van der Waals surface area contributed by atoms with Crippen LogP contribution in [0.1, 0.15) is 29.4 Å². The second-order valence-corrected chi connectivity index (χ2v) is 7.88. The Kier molecular flexibility index (Phi) is 6.31. The molecular formula is C20H27N5O2S. The van der Waals surface area contributed by atoms with Crippen molar-refractivity contribution in [2.75, 3.05) is 39.2 Å². The van der Waals surface area contributed by atoms with Crippen LogP contribution in [0.5, 0.6) is 5.75 Å². The molecule has 7 nitrogen and oxygen atoms in total. The third-order valence-electron chi connectivity index (χ3n) is 4.61. The van der Waals surface area contributed by atoms with Gasteiger partial charge in [0.15, 0.2) is 5.13 Å². The van der Waals surface area contributed by atoms with Crippen LogP contribution in [0.25, 0.3) is 10.2 Å². The fraction of sp³-hybridized carbons (Fsp3) is 0.450. The Labute approximate surface area is 169 Å². The number of anilines is 1. The zero-order chi connectivity index (χ0) is 20.3. The van der Waals surface area contributed by atoms with Crippen LogP contribution in [-0.2, 0) is 6.54 Å². The number of hydrogen-bond donors (Lipinski definition) is 0. The Morgan fingerprint density at radius 3 is 2.71 bits per heavy atom. The van der Waals surface area contributed by atoms with Crippen LogP contribution in [0, 0.1) is 6.92 Å². The van der Waals surface area contributed by atoms with Crippen LogP contribution in [-0.4, -0.2) is 59.9 Å². The van der Waals surface area contributed by atoms with E-state index in [-0.39, 0.29) is 5.91 Å². The number of nitrogens with zero attached hydrogens (tertiary/aromatic N) is 5. The van der Waals surface area contributed by atoms with E-state index in [1.54, 1.807) is 29.0 Å². The van der Waals surface area contributed by atoms with Crippen molar-refractivity contribution in [3.63, 3.8) is 0 Å². The smallest absolute Gasteiger partial charge is 0.278 e. The topological polar surface area (TPSA) is 63.5 Å². The number of aryl methyl sites for hydroxylation is 2. The first-order valence-corrected chi connectivity index (χ1v) is 10.2. The highest BCUT2D eigenvalue weighted by Gasteiger charge is 2.25. The Morgan fingerprint density at radius 2 is 2.04 bits per heavy atom. The minimum absolute atomic E-state index is 0.0752. The summed E-state index contributed by atoms with van der Waals surface area (Å²) in [5.41, 5.74) is 2.51. The maximum Gasteiger partial charge on any atom is 0.278 e. The minimum atomic E-state index is -0.0752. The predicted molar refractivity (Wildman–Crippen MR) is 114 cm³/mol. The van der Waals surface area contributed by atoms with Gasteiger partial charge in [-0.1, -0.05) is 17.4 Å². The standard InChI is InChI=1S/C20H27N5O2S/c1-6-25-15(10-11-21-25)19(26)24(13-7-12-23(3)4)20-22-17-16(27-5)9-8-14(2)18(17)28-20/h8-11H,6-7,12-13H2,1-5H3. The number of benzene rings is 1. The second kappa shape index (κ2) is 8.70. The molecule has 1 aromatic carbocycles. The minimum Gasteiger partial charge on any atom is -0.494 e. The molecule has 150 valence electrons. The van der Waals surface area contributed by atoms with Crippen molar-refractivity contribution < 1.29 is 9.53 Å². The predicted octanol–water partition coefficient (Wildman–Crippen LogP) is 3.43. The van der Waals surface area contributed by atoms with Crippen molar-refractivity contribution in [1.29, 1.82) is 0 Å². The van der Waals surface area contributed by atoms with E-state index in [0.29, 0.717) is 23.9 Å². The molecule has 3 aromatic rings. The summed E-state index contributed by atoms with van der Waals surface area (Å²) in [5.74, 6) is 0.649. The van der Waals surface area contributed by atoms with E-state index in [0.717, 1.165) is 34.5 Å². The van der Waals surface area contributed by atoms with Crippen molar-refractivity contribution in [2.45, 2.75) is 26.8 Å². The Balaban J connectivity index is 2.02.